The smallest absolute Gasteiger partial charge is 0.350 e. The van der Waals surface area contributed by atoms with Crippen LogP contribution >= 0.6 is 8.46 Å². The molecule has 6 nitrogen and oxygen atoms in total. The van der Waals surface area contributed by atoms with Gasteiger partial charge in [-0.25, -0.2) is 4.79 Å². The Kier molecular flexibility index (Phi) is 23.5. The van der Waals surface area contributed by atoms with Gasteiger partial charge in [0.2, 0.25) is 8.46 Å². The Bertz CT molecular complexity index is 576. The molecule has 1 N–H and O–H groups in total. The molecular formula is C28H55O6PS. The Labute approximate surface area is 225 Å². The summed E-state index contributed by atoms with van der Waals surface area (Å²) in [5.41, 5.74) is 0. The number of hydrogen-bond donors (Lipinski definition) is 1. The number of ether oxygens (including phenoxy) is 2. The summed E-state index contributed by atoms with van der Waals surface area (Å²) in [5, 5.41) is 7.55. The third-order valence-electron chi connectivity index (χ3n) is 6.72. The predicted octanol–water partition coefficient (Wildman–Crippen LogP) is 8.29. The molecule has 0 rings (SSSR count). The van der Waals surface area contributed by atoms with E-state index in [1.54, 1.807) is 0 Å². The Balaban J connectivity index is 4.73. The lowest BCUT2D eigenvalue weighted by atomic mass is 10.1. The van der Waals surface area contributed by atoms with Crippen molar-refractivity contribution in [1.82, 2.24) is 0 Å². The van der Waals surface area contributed by atoms with E-state index in [9.17, 15) is 18.7 Å². The summed E-state index contributed by atoms with van der Waals surface area (Å²) in [6, 6.07) is 0. The highest BCUT2D eigenvalue weighted by Crippen LogP contribution is 2.28. The van der Waals surface area contributed by atoms with Crippen LogP contribution in [0, 0.1) is 0 Å². The highest BCUT2D eigenvalue weighted by atomic mass is 32.2. The maximum atomic E-state index is 13.3. The van der Waals surface area contributed by atoms with Gasteiger partial charge in [-0.15, -0.1) is 0 Å². The monoisotopic (exact) mass is 550 g/mol. The molecule has 0 bridgehead atoms. The minimum absolute atomic E-state index is 0.161. The molecule has 0 saturated heterocycles. The first-order valence-corrected chi connectivity index (χ1v) is 16.8. The molecule has 36 heavy (non-hydrogen) atoms. The first kappa shape index (κ1) is 35.6. The Hall–Kier alpha value is -0.360. The van der Waals surface area contributed by atoms with Gasteiger partial charge in [-0.05, 0) is 26.2 Å². The van der Waals surface area contributed by atoms with Crippen LogP contribution in [0.5, 0.6) is 0 Å². The van der Waals surface area contributed by atoms with Crippen molar-refractivity contribution in [3.8, 4) is 0 Å². The first-order chi connectivity index (χ1) is 17.4. The molecule has 0 saturated carbocycles. The fraction of sp³-hybridized carbons (Fsp3) is 0.964. The van der Waals surface area contributed by atoms with Crippen LogP contribution in [0.25, 0.3) is 0 Å². The molecule has 0 aliphatic carbocycles. The summed E-state index contributed by atoms with van der Waals surface area (Å²) in [4.78, 5) is 11.8. The van der Waals surface area contributed by atoms with Crippen molar-refractivity contribution in [3.63, 3.8) is 0 Å². The summed E-state index contributed by atoms with van der Waals surface area (Å²) in [6.45, 7) is 8.02. The number of carboxylic acids is 1. The Morgan fingerprint density at radius 1 is 0.833 bits per heavy atom. The van der Waals surface area contributed by atoms with Crippen molar-refractivity contribution in [2.45, 2.75) is 154 Å². The molecule has 0 heterocycles. The quantitative estimate of drug-likeness (QED) is 0.0817. The molecule has 0 aromatic rings. The number of hydrogen-bond acceptors (Lipinski definition) is 5. The highest BCUT2D eigenvalue weighted by molar-refractivity contribution is 7.85. The molecular weight excluding hydrogens is 495 g/mol. The minimum atomic E-state index is -1.91. The predicted molar refractivity (Wildman–Crippen MR) is 152 cm³/mol. The van der Waals surface area contributed by atoms with Crippen LogP contribution in [0.3, 0.4) is 0 Å². The van der Waals surface area contributed by atoms with Crippen molar-refractivity contribution in [1.29, 1.82) is 0 Å². The van der Waals surface area contributed by atoms with Crippen molar-refractivity contribution >= 4 is 25.2 Å². The van der Waals surface area contributed by atoms with E-state index in [4.69, 9.17) is 9.47 Å². The molecule has 0 aliphatic rings. The minimum Gasteiger partial charge on any atom is -0.478 e. The molecule has 4 unspecified atom stereocenters. The average Bonchev–Trinajstić information content (AvgIpc) is 2.87. The number of rotatable bonds is 27. The van der Waals surface area contributed by atoms with Gasteiger partial charge in [-0.3, -0.25) is 8.77 Å². The molecule has 0 spiro atoms. The van der Waals surface area contributed by atoms with Crippen molar-refractivity contribution in [3.05, 3.63) is 0 Å². The van der Waals surface area contributed by atoms with Gasteiger partial charge < -0.3 is 14.6 Å². The van der Waals surface area contributed by atoms with E-state index in [0.29, 0.717) is 12.2 Å². The molecule has 8 heteroatoms. The van der Waals surface area contributed by atoms with E-state index in [1.165, 1.54) is 70.6 Å². The van der Waals surface area contributed by atoms with Crippen molar-refractivity contribution in [2.75, 3.05) is 19.0 Å². The van der Waals surface area contributed by atoms with Crippen LogP contribution < -0.4 is 0 Å². The second-order valence-electron chi connectivity index (χ2n) is 10.1. The summed E-state index contributed by atoms with van der Waals surface area (Å²) in [5.74, 6) is -0.650. The van der Waals surface area contributed by atoms with Crippen LogP contribution in [0.15, 0.2) is 0 Å². The van der Waals surface area contributed by atoms with E-state index in [0.717, 1.165) is 32.1 Å². The number of carbonyl (C=O) groups is 1. The molecule has 0 radical (unpaired) electrons. The normalized spacial score (nSPS) is 16.0. The third kappa shape index (κ3) is 16.5. The first-order valence-electron chi connectivity index (χ1n) is 14.6. The molecule has 0 aromatic carbocycles. The zero-order valence-corrected chi connectivity index (χ0v) is 25.4. The maximum absolute atomic E-state index is 13.3. The van der Waals surface area contributed by atoms with E-state index in [2.05, 4.69) is 13.8 Å². The average molecular weight is 551 g/mol. The largest absolute Gasteiger partial charge is 0.478 e. The molecule has 0 amide bonds. The second-order valence-corrected chi connectivity index (χ2v) is 12.7. The second kappa shape index (κ2) is 23.7. The molecule has 214 valence electrons. The topological polar surface area (TPSA) is 89.9 Å². The van der Waals surface area contributed by atoms with Gasteiger partial charge in [0.1, 0.15) is 0 Å². The van der Waals surface area contributed by atoms with Gasteiger partial charge in [0, 0.05) is 23.2 Å². The molecule has 0 aromatic heterocycles. The summed E-state index contributed by atoms with van der Waals surface area (Å²) in [7, 11) is -1.68. The maximum Gasteiger partial charge on any atom is 0.350 e. The van der Waals surface area contributed by atoms with E-state index in [-0.39, 0.29) is 18.5 Å². The third-order valence-corrected chi connectivity index (χ3v) is 9.45. The standard InChI is InChI=1S/C28H55O6PS/c1-5-8-10-12-13-14-15-16-18-20-23-36(32)26(21-19-17-11-9-6-2)25(4)33-24-28(35-31,27(29)30)34-22-7-3/h25-26H,5-24H2,1-4H3,(H,29,30). The lowest BCUT2D eigenvalue weighted by Gasteiger charge is -2.28. The number of aliphatic carboxylic acids is 1. The lowest BCUT2D eigenvalue weighted by Crippen LogP contribution is -2.44. The van der Waals surface area contributed by atoms with Crippen molar-refractivity contribution < 1.29 is 28.1 Å². The highest BCUT2D eigenvalue weighted by Gasteiger charge is 2.43. The zero-order valence-electron chi connectivity index (χ0n) is 23.6. The zero-order chi connectivity index (χ0) is 27.1. The van der Waals surface area contributed by atoms with Gasteiger partial charge in [-0.2, -0.15) is 0 Å². The van der Waals surface area contributed by atoms with Gasteiger partial charge >= 0.3 is 5.97 Å². The Morgan fingerprint density at radius 3 is 1.81 bits per heavy atom. The molecule has 0 aliphatic heterocycles. The van der Waals surface area contributed by atoms with Crippen LogP contribution in [-0.2, 0) is 29.6 Å². The summed E-state index contributed by atoms with van der Waals surface area (Å²) >= 11 is 0. The van der Waals surface area contributed by atoms with Gasteiger partial charge in [-0.1, -0.05) is 111 Å². The fourth-order valence-corrected chi connectivity index (χ4v) is 6.37. The van der Waals surface area contributed by atoms with Crippen LogP contribution in [-0.4, -0.2) is 50.9 Å². The lowest BCUT2D eigenvalue weighted by molar-refractivity contribution is -0.162. The Morgan fingerprint density at radius 2 is 1.33 bits per heavy atom. The molecule has 0 fully saturated rings. The van der Waals surface area contributed by atoms with E-state index in [1.807, 2.05) is 13.8 Å². The van der Waals surface area contributed by atoms with Crippen LogP contribution in [0.2, 0.25) is 0 Å². The fourth-order valence-electron chi connectivity index (χ4n) is 4.29. The summed E-state index contributed by atoms with van der Waals surface area (Å²) < 4.78 is 36.3. The van der Waals surface area contributed by atoms with Crippen molar-refractivity contribution in [2.24, 2.45) is 0 Å². The van der Waals surface area contributed by atoms with Crippen LogP contribution in [0.1, 0.15) is 137 Å². The van der Waals surface area contributed by atoms with Gasteiger partial charge in [0.05, 0.1) is 18.0 Å². The van der Waals surface area contributed by atoms with E-state index < -0.39 is 36.7 Å². The summed E-state index contributed by atoms with van der Waals surface area (Å²) in [6.07, 6.45) is 19.1. The van der Waals surface area contributed by atoms with Gasteiger partial charge in [0.15, 0.2) is 0 Å². The van der Waals surface area contributed by atoms with Gasteiger partial charge in [0.25, 0.3) is 5.34 Å². The SMILES string of the molecule is CCCCCCCCCCCCS(=O)C(CCCCCCC)C(C)OCC(OCCC)(P=O)C(=O)O. The van der Waals surface area contributed by atoms with E-state index >= 15 is 0 Å². The number of carboxylic acid groups (broad SMARTS) is 1. The number of unbranched alkanes of at least 4 members (excludes halogenated alkanes) is 13. The van der Waals surface area contributed by atoms with Crippen LogP contribution in [0.4, 0.5) is 0 Å². The molecule has 4 atom stereocenters.